The lowest BCUT2D eigenvalue weighted by Gasteiger charge is -2.12. The Hall–Kier alpha value is -2.75. The zero-order valence-electron chi connectivity index (χ0n) is 11.0. The van der Waals surface area contributed by atoms with E-state index in [1.165, 1.54) is 0 Å². The highest BCUT2D eigenvalue weighted by atomic mass is 16.1. The summed E-state index contributed by atoms with van der Waals surface area (Å²) in [6, 6.07) is 13.0. The Morgan fingerprint density at radius 2 is 1.85 bits per heavy atom. The number of amides is 1. The summed E-state index contributed by atoms with van der Waals surface area (Å²) in [7, 11) is 0. The Balaban J connectivity index is 2.45. The van der Waals surface area contributed by atoms with Crippen molar-refractivity contribution in [3.63, 3.8) is 0 Å². The van der Waals surface area contributed by atoms with Crippen molar-refractivity contribution in [3.05, 3.63) is 59.9 Å². The number of nitrogens with two attached hydrogens (primary N) is 1. The Morgan fingerprint density at radius 3 is 2.55 bits per heavy atom. The van der Waals surface area contributed by atoms with Crippen molar-refractivity contribution >= 4 is 16.8 Å². The molecule has 98 valence electrons. The topological polar surface area (TPSA) is 68.9 Å². The maximum atomic E-state index is 11.9. The lowest BCUT2D eigenvalue weighted by Crippen LogP contribution is -2.15. The van der Waals surface area contributed by atoms with Gasteiger partial charge in [-0.05, 0) is 25.1 Å². The second-order valence-electron chi connectivity index (χ2n) is 4.54. The highest BCUT2D eigenvalue weighted by molar-refractivity contribution is 6.11. The van der Waals surface area contributed by atoms with Crippen molar-refractivity contribution in [2.24, 2.45) is 5.73 Å². The molecule has 1 amide bonds. The average molecular weight is 263 g/mol. The van der Waals surface area contributed by atoms with Gasteiger partial charge >= 0.3 is 0 Å². The molecule has 3 aromatic rings. The van der Waals surface area contributed by atoms with Crippen LogP contribution >= 0.6 is 0 Å². The molecule has 0 radical (unpaired) electrons. The van der Waals surface area contributed by atoms with Gasteiger partial charge in [-0.2, -0.15) is 0 Å². The molecule has 0 atom stereocenters. The summed E-state index contributed by atoms with van der Waals surface area (Å²) in [6.45, 7) is 1.86. The van der Waals surface area contributed by atoms with Gasteiger partial charge < -0.3 is 5.73 Å². The van der Waals surface area contributed by atoms with Gasteiger partial charge in [-0.1, -0.05) is 24.3 Å². The SMILES string of the molecule is Cc1nc2ccccc2c(C(N)=O)c1-c1ccccn1. The summed E-state index contributed by atoms with van der Waals surface area (Å²) in [5, 5.41) is 0.756. The number of fused-ring (bicyclic) bond motifs is 1. The molecule has 2 N–H and O–H groups in total. The van der Waals surface area contributed by atoms with Crippen LogP contribution in [0, 0.1) is 6.92 Å². The molecule has 0 aliphatic rings. The molecule has 3 rings (SSSR count). The van der Waals surface area contributed by atoms with Gasteiger partial charge in [0.05, 0.1) is 16.8 Å². The minimum Gasteiger partial charge on any atom is -0.366 e. The first-order valence-corrected chi connectivity index (χ1v) is 6.29. The van der Waals surface area contributed by atoms with Crippen LogP contribution in [0.2, 0.25) is 0 Å². The number of primary amides is 1. The molecular weight excluding hydrogens is 250 g/mol. The van der Waals surface area contributed by atoms with Gasteiger partial charge in [0, 0.05) is 22.8 Å². The van der Waals surface area contributed by atoms with Crippen molar-refractivity contribution in [2.45, 2.75) is 6.92 Å². The first-order valence-electron chi connectivity index (χ1n) is 6.29. The Bertz CT molecular complexity index is 797. The fourth-order valence-corrected chi connectivity index (χ4v) is 2.41. The molecule has 0 aliphatic heterocycles. The van der Waals surface area contributed by atoms with E-state index in [9.17, 15) is 4.79 Å². The fraction of sp³-hybridized carbons (Fsp3) is 0.0625. The molecule has 0 aliphatic carbocycles. The van der Waals surface area contributed by atoms with Gasteiger partial charge in [0.25, 0.3) is 0 Å². The molecule has 2 aromatic heterocycles. The number of aryl methyl sites for hydroxylation is 1. The number of hydrogen-bond donors (Lipinski definition) is 1. The van der Waals surface area contributed by atoms with Crippen LogP contribution in [0.5, 0.6) is 0 Å². The number of nitrogens with zero attached hydrogens (tertiary/aromatic N) is 2. The number of benzene rings is 1. The molecule has 0 spiro atoms. The average Bonchev–Trinajstić information content (AvgIpc) is 2.46. The number of rotatable bonds is 2. The number of aromatic nitrogens is 2. The number of carbonyl (C=O) groups is 1. The molecule has 20 heavy (non-hydrogen) atoms. The van der Waals surface area contributed by atoms with Crippen LogP contribution in [0.25, 0.3) is 22.2 Å². The second kappa shape index (κ2) is 4.74. The zero-order chi connectivity index (χ0) is 14.1. The molecule has 0 bridgehead atoms. The van der Waals surface area contributed by atoms with E-state index < -0.39 is 5.91 Å². The molecule has 0 saturated carbocycles. The summed E-state index contributed by atoms with van der Waals surface area (Å²) < 4.78 is 0. The summed E-state index contributed by atoms with van der Waals surface area (Å²) in [5.41, 5.74) is 8.99. The second-order valence-corrected chi connectivity index (χ2v) is 4.54. The van der Waals surface area contributed by atoms with Gasteiger partial charge in [-0.15, -0.1) is 0 Å². The van der Waals surface area contributed by atoms with Crippen LogP contribution in [0.1, 0.15) is 16.1 Å². The third kappa shape index (κ3) is 1.91. The van der Waals surface area contributed by atoms with E-state index in [-0.39, 0.29) is 0 Å². The van der Waals surface area contributed by atoms with Gasteiger partial charge in [0.2, 0.25) is 5.91 Å². The lowest BCUT2D eigenvalue weighted by atomic mass is 9.97. The maximum absolute atomic E-state index is 11.9. The first kappa shape index (κ1) is 12.3. The van der Waals surface area contributed by atoms with Crippen LogP contribution in [0.3, 0.4) is 0 Å². The van der Waals surface area contributed by atoms with E-state index in [4.69, 9.17) is 5.73 Å². The number of carbonyl (C=O) groups excluding carboxylic acids is 1. The Morgan fingerprint density at radius 1 is 1.10 bits per heavy atom. The summed E-state index contributed by atoms with van der Waals surface area (Å²) in [5.74, 6) is -0.465. The minimum absolute atomic E-state index is 0.465. The number of pyridine rings is 2. The van der Waals surface area contributed by atoms with Gasteiger partial charge in [0.1, 0.15) is 0 Å². The van der Waals surface area contributed by atoms with Crippen molar-refractivity contribution in [3.8, 4) is 11.3 Å². The smallest absolute Gasteiger partial charge is 0.250 e. The van der Waals surface area contributed by atoms with E-state index in [1.807, 2.05) is 49.4 Å². The van der Waals surface area contributed by atoms with E-state index in [2.05, 4.69) is 9.97 Å². The van der Waals surface area contributed by atoms with E-state index in [0.717, 1.165) is 16.6 Å². The van der Waals surface area contributed by atoms with Gasteiger partial charge in [-0.25, -0.2) is 0 Å². The molecule has 0 saturated heterocycles. The summed E-state index contributed by atoms with van der Waals surface area (Å²) in [6.07, 6.45) is 1.69. The highest BCUT2D eigenvalue weighted by Crippen LogP contribution is 2.30. The highest BCUT2D eigenvalue weighted by Gasteiger charge is 2.18. The fourth-order valence-electron chi connectivity index (χ4n) is 2.41. The van der Waals surface area contributed by atoms with Crippen LogP contribution in [0.4, 0.5) is 0 Å². The maximum Gasteiger partial charge on any atom is 0.250 e. The first-order chi connectivity index (χ1) is 9.68. The third-order valence-corrected chi connectivity index (χ3v) is 3.24. The Kier molecular flexibility index (Phi) is 2.91. The van der Waals surface area contributed by atoms with Crippen LogP contribution in [0.15, 0.2) is 48.7 Å². The van der Waals surface area contributed by atoms with E-state index in [0.29, 0.717) is 16.8 Å². The molecule has 0 unspecified atom stereocenters. The molecular formula is C16H13N3O. The molecule has 2 heterocycles. The van der Waals surface area contributed by atoms with E-state index in [1.54, 1.807) is 6.20 Å². The zero-order valence-corrected chi connectivity index (χ0v) is 11.0. The van der Waals surface area contributed by atoms with Crippen LogP contribution < -0.4 is 5.73 Å². The van der Waals surface area contributed by atoms with Crippen LogP contribution in [-0.2, 0) is 0 Å². The van der Waals surface area contributed by atoms with Gasteiger partial charge in [0.15, 0.2) is 0 Å². The largest absolute Gasteiger partial charge is 0.366 e. The molecule has 1 aromatic carbocycles. The van der Waals surface area contributed by atoms with Crippen molar-refractivity contribution in [1.29, 1.82) is 0 Å². The van der Waals surface area contributed by atoms with Crippen molar-refractivity contribution in [1.82, 2.24) is 9.97 Å². The quantitative estimate of drug-likeness (QED) is 0.772. The summed E-state index contributed by atoms with van der Waals surface area (Å²) in [4.78, 5) is 20.8. The normalized spacial score (nSPS) is 10.7. The molecule has 0 fully saturated rings. The predicted octanol–water partition coefficient (Wildman–Crippen LogP) is 2.70. The molecule has 4 nitrogen and oxygen atoms in total. The number of para-hydroxylation sites is 1. The van der Waals surface area contributed by atoms with Gasteiger partial charge in [-0.3, -0.25) is 14.8 Å². The lowest BCUT2D eigenvalue weighted by molar-refractivity contribution is 0.100. The van der Waals surface area contributed by atoms with Crippen LogP contribution in [-0.4, -0.2) is 15.9 Å². The predicted molar refractivity (Wildman–Crippen MR) is 78.2 cm³/mol. The summed E-state index contributed by atoms with van der Waals surface area (Å²) >= 11 is 0. The minimum atomic E-state index is -0.465. The molecule has 4 heteroatoms. The van der Waals surface area contributed by atoms with E-state index >= 15 is 0 Å². The number of hydrogen-bond acceptors (Lipinski definition) is 3. The van der Waals surface area contributed by atoms with Crippen molar-refractivity contribution in [2.75, 3.05) is 0 Å². The van der Waals surface area contributed by atoms with Crippen molar-refractivity contribution < 1.29 is 4.79 Å². The monoisotopic (exact) mass is 263 g/mol. The third-order valence-electron chi connectivity index (χ3n) is 3.24. The standard InChI is InChI=1S/C16H13N3O/c1-10-14(13-8-4-5-9-18-13)15(16(17)20)11-6-2-3-7-12(11)19-10/h2-9H,1H3,(H2,17,20). The Labute approximate surface area is 116 Å².